The monoisotopic (exact) mass is 445 g/mol. The number of carbonyl (C=O) groups is 1. The predicted octanol–water partition coefficient (Wildman–Crippen LogP) is 3.51. The van der Waals surface area contributed by atoms with E-state index in [4.69, 9.17) is 0 Å². The summed E-state index contributed by atoms with van der Waals surface area (Å²) in [6, 6.07) is 11.4. The van der Waals surface area contributed by atoms with Crippen LogP contribution in [-0.2, 0) is 16.6 Å². The number of carbonyl (C=O) groups excluding carboxylic acids is 1. The topological polar surface area (TPSA) is 88.5 Å². The standard InChI is InChI=1S/C21H23N3O4S2/c1-2-24-18-10-9-16(14-19(18)29-21(24)26)22-20(25)15-7-6-8-17(13-15)30(27,28)23-11-4-3-5-12-23/h6-10,13-14H,2-5,11-12H2,1H3,(H,22,25). The van der Waals surface area contributed by atoms with E-state index in [9.17, 15) is 18.0 Å². The maximum Gasteiger partial charge on any atom is 0.308 e. The summed E-state index contributed by atoms with van der Waals surface area (Å²) in [5, 5.41) is 2.80. The molecule has 7 nitrogen and oxygen atoms in total. The Labute approximate surface area is 179 Å². The van der Waals surface area contributed by atoms with Gasteiger partial charge in [0, 0.05) is 30.9 Å². The SMILES string of the molecule is CCn1c(=O)sc2cc(NC(=O)c3cccc(S(=O)(=O)N4CCCCC4)c3)ccc21. The van der Waals surface area contributed by atoms with E-state index in [1.165, 1.54) is 16.4 Å². The fourth-order valence-electron chi connectivity index (χ4n) is 3.70. The van der Waals surface area contributed by atoms with E-state index in [0.717, 1.165) is 40.8 Å². The number of benzene rings is 2. The lowest BCUT2D eigenvalue weighted by Gasteiger charge is -2.26. The summed E-state index contributed by atoms with van der Waals surface area (Å²) in [4.78, 5) is 24.9. The molecule has 158 valence electrons. The van der Waals surface area contributed by atoms with Crippen molar-refractivity contribution in [2.75, 3.05) is 18.4 Å². The molecular formula is C21H23N3O4S2. The van der Waals surface area contributed by atoms with Crippen LogP contribution in [0.15, 0.2) is 52.2 Å². The van der Waals surface area contributed by atoms with Gasteiger partial charge in [0.1, 0.15) is 0 Å². The Balaban J connectivity index is 1.57. The van der Waals surface area contributed by atoms with Crippen molar-refractivity contribution >= 4 is 43.2 Å². The molecule has 9 heteroatoms. The van der Waals surface area contributed by atoms with Crippen molar-refractivity contribution in [1.82, 2.24) is 8.87 Å². The zero-order valence-corrected chi connectivity index (χ0v) is 18.3. The smallest absolute Gasteiger partial charge is 0.308 e. The third-order valence-electron chi connectivity index (χ3n) is 5.29. The highest BCUT2D eigenvalue weighted by atomic mass is 32.2. The van der Waals surface area contributed by atoms with Crippen LogP contribution in [0.4, 0.5) is 5.69 Å². The molecule has 0 atom stereocenters. The number of hydrogen-bond donors (Lipinski definition) is 1. The van der Waals surface area contributed by atoms with Crippen molar-refractivity contribution in [2.24, 2.45) is 0 Å². The third kappa shape index (κ3) is 3.92. The van der Waals surface area contributed by atoms with Crippen LogP contribution < -0.4 is 10.2 Å². The number of amides is 1. The van der Waals surface area contributed by atoms with Gasteiger partial charge in [-0.15, -0.1) is 0 Å². The average molecular weight is 446 g/mol. The molecule has 30 heavy (non-hydrogen) atoms. The van der Waals surface area contributed by atoms with E-state index in [1.54, 1.807) is 28.8 Å². The number of sulfonamides is 1. The van der Waals surface area contributed by atoms with Crippen molar-refractivity contribution < 1.29 is 13.2 Å². The molecule has 4 rings (SSSR count). The van der Waals surface area contributed by atoms with Gasteiger partial charge in [-0.3, -0.25) is 14.2 Å². The van der Waals surface area contributed by atoms with Crippen molar-refractivity contribution in [3.05, 3.63) is 57.7 Å². The summed E-state index contributed by atoms with van der Waals surface area (Å²) >= 11 is 1.13. The number of thiazole rings is 1. The lowest BCUT2D eigenvalue weighted by atomic mass is 10.2. The number of piperidine rings is 1. The van der Waals surface area contributed by atoms with E-state index in [0.29, 0.717) is 25.3 Å². The minimum atomic E-state index is -3.61. The Morgan fingerprint density at radius 3 is 2.60 bits per heavy atom. The first-order valence-corrected chi connectivity index (χ1v) is 12.2. The van der Waals surface area contributed by atoms with Gasteiger partial charge in [-0.05, 0) is 56.2 Å². The molecular weight excluding hydrogens is 422 g/mol. The van der Waals surface area contributed by atoms with Gasteiger partial charge in [0.2, 0.25) is 10.0 Å². The van der Waals surface area contributed by atoms with Gasteiger partial charge in [0.05, 0.1) is 15.1 Å². The van der Waals surface area contributed by atoms with Gasteiger partial charge in [0.15, 0.2) is 0 Å². The highest BCUT2D eigenvalue weighted by molar-refractivity contribution is 7.89. The van der Waals surface area contributed by atoms with Gasteiger partial charge in [-0.25, -0.2) is 8.42 Å². The zero-order valence-electron chi connectivity index (χ0n) is 16.6. The summed E-state index contributed by atoms with van der Waals surface area (Å²) in [5.74, 6) is -0.396. The van der Waals surface area contributed by atoms with Crippen LogP contribution in [0, 0.1) is 0 Å². The highest BCUT2D eigenvalue weighted by Crippen LogP contribution is 2.24. The number of hydrogen-bond acceptors (Lipinski definition) is 5. The Kier molecular flexibility index (Phi) is 5.77. The van der Waals surface area contributed by atoms with Crippen molar-refractivity contribution in [3.8, 4) is 0 Å². The first-order chi connectivity index (χ1) is 14.4. The average Bonchev–Trinajstić information content (AvgIpc) is 3.08. The summed E-state index contributed by atoms with van der Waals surface area (Å²) in [5.41, 5.74) is 1.66. The largest absolute Gasteiger partial charge is 0.322 e. The second-order valence-electron chi connectivity index (χ2n) is 7.24. The number of rotatable bonds is 5. The van der Waals surface area contributed by atoms with E-state index in [-0.39, 0.29) is 15.3 Å². The quantitative estimate of drug-likeness (QED) is 0.651. The number of anilines is 1. The second-order valence-corrected chi connectivity index (χ2v) is 10.2. The van der Waals surface area contributed by atoms with Crippen LogP contribution >= 0.6 is 11.3 Å². The molecule has 0 bridgehead atoms. The maximum atomic E-state index is 12.9. The first kappa shape index (κ1) is 20.8. The van der Waals surface area contributed by atoms with Crippen molar-refractivity contribution in [2.45, 2.75) is 37.6 Å². The normalized spacial score (nSPS) is 15.4. The molecule has 0 spiro atoms. The Morgan fingerprint density at radius 2 is 1.87 bits per heavy atom. The molecule has 0 radical (unpaired) electrons. The van der Waals surface area contributed by atoms with Crippen LogP contribution in [0.1, 0.15) is 36.5 Å². The van der Waals surface area contributed by atoms with E-state index in [2.05, 4.69) is 5.32 Å². The fourth-order valence-corrected chi connectivity index (χ4v) is 6.26. The number of fused-ring (bicyclic) bond motifs is 1. The molecule has 0 saturated carbocycles. The van der Waals surface area contributed by atoms with Crippen LogP contribution in [0.3, 0.4) is 0 Å². The molecule has 1 fully saturated rings. The van der Waals surface area contributed by atoms with Gasteiger partial charge >= 0.3 is 4.87 Å². The van der Waals surface area contributed by atoms with Crippen molar-refractivity contribution in [1.29, 1.82) is 0 Å². The molecule has 1 aromatic heterocycles. The van der Waals surface area contributed by atoms with Gasteiger partial charge < -0.3 is 5.32 Å². The predicted molar refractivity (Wildman–Crippen MR) is 119 cm³/mol. The van der Waals surface area contributed by atoms with Gasteiger partial charge in [-0.2, -0.15) is 4.31 Å². The molecule has 1 amide bonds. The minimum absolute atomic E-state index is 0.0356. The molecule has 2 aromatic carbocycles. The number of nitrogens with one attached hydrogen (secondary N) is 1. The molecule has 3 aromatic rings. The van der Waals surface area contributed by atoms with Crippen LogP contribution in [0.25, 0.3) is 10.2 Å². The number of nitrogens with zero attached hydrogens (tertiary/aromatic N) is 2. The molecule has 1 aliphatic heterocycles. The zero-order chi connectivity index (χ0) is 21.3. The van der Waals surface area contributed by atoms with Crippen molar-refractivity contribution in [3.63, 3.8) is 0 Å². The van der Waals surface area contributed by atoms with Crippen LogP contribution in [0.2, 0.25) is 0 Å². The summed E-state index contributed by atoms with van der Waals surface area (Å²) in [6.07, 6.45) is 2.75. The van der Waals surface area contributed by atoms with Gasteiger partial charge in [-0.1, -0.05) is 23.8 Å². The minimum Gasteiger partial charge on any atom is -0.322 e. The lowest BCUT2D eigenvalue weighted by molar-refractivity contribution is 0.102. The first-order valence-electron chi connectivity index (χ1n) is 9.95. The maximum absolute atomic E-state index is 12.9. The van der Waals surface area contributed by atoms with Gasteiger partial charge in [0.25, 0.3) is 5.91 Å². The summed E-state index contributed by atoms with van der Waals surface area (Å²) in [7, 11) is -3.61. The number of aryl methyl sites for hydroxylation is 1. The summed E-state index contributed by atoms with van der Waals surface area (Å²) in [6.45, 7) is 3.52. The summed E-state index contributed by atoms with van der Waals surface area (Å²) < 4.78 is 29.7. The molecule has 2 heterocycles. The Hall–Kier alpha value is -2.49. The highest BCUT2D eigenvalue weighted by Gasteiger charge is 2.26. The number of aromatic nitrogens is 1. The molecule has 1 saturated heterocycles. The Morgan fingerprint density at radius 1 is 1.10 bits per heavy atom. The molecule has 0 unspecified atom stereocenters. The molecule has 1 aliphatic rings. The Bertz CT molecular complexity index is 1250. The molecule has 0 aliphatic carbocycles. The third-order valence-corrected chi connectivity index (χ3v) is 8.13. The van der Waals surface area contributed by atoms with E-state index >= 15 is 0 Å². The van der Waals surface area contributed by atoms with E-state index < -0.39 is 15.9 Å². The second kappa shape index (κ2) is 8.33. The fraction of sp³-hybridized carbons (Fsp3) is 0.333. The lowest BCUT2D eigenvalue weighted by Crippen LogP contribution is -2.35. The van der Waals surface area contributed by atoms with E-state index in [1.807, 2.05) is 13.0 Å². The van der Waals surface area contributed by atoms with Crippen LogP contribution in [-0.4, -0.2) is 36.3 Å². The van der Waals surface area contributed by atoms with Crippen LogP contribution in [0.5, 0.6) is 0 Å². The molecule has 1 N–H and O–H groups in total.